The van der Waals surface area contributed by atoms with Crippen LogP contribution in [-0.2, 0) is 17.8 Å². The van der Waals surface area contributed by atoms with Gasteiger partial charge >= 0.3 is 6.03 Å². The summed E-state index contributed by atoms with van der Waals surface area (Å²) in [4.78, 5) is 22.7. The lowest BCUT2D eigenvalue weighted by atomic mass is 10.1. The van der Waals surface area contributed by atoms with Gasteiger partial charge in [-0.2, -0.15) is 5.10 Å². The predicted molar refractivity (Wildman–Crippen MR) is 88.2 cm³/mol. The summed E-state index contributed by atoms with van der Waals surface area (Å²) >= 11 is 5.84. The third-order valence-corrected chi connectivity index (χ3v) is 3.29. The molecule has 23 heavy (non-hydrogen) atoms. The molecule has 0 aliphatic carbocycles. The van der Waals surface area contributed by atoms with Crippen LogP contribution in [0.4, 0.5) is 10.5 Å². The van der Waals surface area contributed by atoms with Crippen LogP contribution in [0.1, 0.15) is 12.5 Å². The number of carbonyl (C=O) groups is 2. The fourth-order valence-corrected chi connectivity index (χ4v) is 2.22. The molecule has 0 bridgehead atoms. The van der Waals surface area contributed by atoms with Crippen molar-refractivity contribution in [3.8, 4) is 0 Å². The first-order chi connectivity index (χ1) is 10.9. The van der Waals surface area contributed by atoms with Crippen LogP contribution in [0, 0.1) is 0 Å². The Hall–Kier alpha value is -2.54. The lowest BCUT2D eigenvalue weighted by molar-refractivity contribution is -0.118. The molecule has 4 N–H and O–H groups in total. The number of hydrogen-bond acceptors (Lipinski definition) is 3. The third-order valence-electron chi connectivity index (χ3n) is 3.04. The van der Waals surface area contributed by atoms with Gasteiger partial charge in [0, 0.05) is 17.3 Å². The zero-order valence-electron chi connectivity index (χ0n) is 12.6. The second-order valence-electron chi connectivity index (χ2n) is 5.22. The molecule has 0 saturated carbocycles. The van der Waals surface area contributed by atoms with E-state index in [0.29, 0.717) is 17.1 Å². The van der Waals surface area contributed by atoms with Crippen molar-refractivity contribution < 1.29 is 9.59 Å². The number of nitrogens with two attached hydrogens (primary N) is 1. The Balaban J connectivity index is 1.82. The molecule has 0 saturated heterocycles. The van der Waals surface area contributed by atoms with E-state index in [2.05, 4.69) is 15.7 Å². The maximum absolute atomic E-state index is 11.9. The Morgan fingerprint density at radius 2 is 2.04 bits per heavy atom. The molecular weight excluding hydrogens is 318 g/mol. The van der Waals surface area contributed by atoms with E-state index in [-0.39, 0.29) is 18.6 Å². The molecule has 0 aliphatic rings. The third kappa shape index (κ3) is 5.63. The van der Waals surface area contributed by atoms with E-state index in [0.717, 1.165) is 5.56 Å². The normalized spacial score (nSPS) is 11.7. The number of hydrogen-bond donors (Lipinski definition) is 3. The average Bonchev–Trinajstić information content (AvgIpc) is 2.87. The molecule has 8 heteroatoms. The number of nitrogens with one attached hydrogen (secondary N) is 2. The summed E-state index contributed by atoms with van der Waals surface area (Å²) in [7, 11) is 0. The quantitative estimate of drug-likeness (QED) is 0.749. The lowest BCUT2D eigenvalue weighted by Crippen LogP contribution is -2.37. The predicted octanol–water partition coefficient (Wildman–Crippen LogP) is 1.77. The summed E-state index contributed by atoms with van der Waals surface area (Å²) in [6.07, 6.45) is 3.67. The van der Waals surface area contributed by atoms with Crippen molar-refractivity contribution in [3.05, 3.63) is 47.2 Å². The SMILES string of the molecule is C[C@@H](Cc1ccc(Cl)cc1)NC(=O)Nc1cnn(CC(N)=O)c1. The first-order valence-corrected chi connectivity index (χ1v) is 7.43. The maximum atomic E-state index is 11.9. The summed E-state index contributed by atoms with van der Waals surface area (Å²) in [5, 5.41) is 10.1. The highest BCUT2D eigenvalue weighted by Gasteiger charge is 2.10. The number of benzene rings is 1. The maximum Gasteiger partial charge on any atom is 0.319 e. The standard InChI is InChI=1S/C15H18ClN5O2/c1-10(6-11-2-4-12(16)5-3-11)19-15(23)20-13-7-18-21(8-13)9-14(17)22/h2-5,7-8,10H,6,9H2,1H3,(H2,17,22)(H2,19,20,23)/t10-/m0/s1. The van der Waals surface area contributed by atoms with Crippen LogP contribution in [-0.4, -0.2) is 27.8 Å². The number of halogens is 1. The number of anilines is 1. The van der Waals surface area contributed by atoms with Gasteiger partial charge < -0.3 is 16.4 Å². The molecular formula is C15H18ClN5O2. The van der Waals surface area contributed by atoms with Crippen molar-refractivity contribution in [1.29, 1.82) is 0 Å². The van der Waals surface area contributed by atoms with E-state index in [1.54, 1.807) is 0 Å². The van der Waals surface area contributed by atoms with Crippen LogP contribution < -0.4 is 16.4 Å². The van der Waals surface area contributed by atoms with Gasteiger partial charge in [-0.1, -0.05) is 23.7 Å². The highest BCUT2D eigenvalue weighted by Crippen LogP contribution is 2.11. The van der Waals surface area contributed by atoms with Crippen molar-refractivity contribution in [2.24, 2.45) is 5.73 Å². The molecule has 2 rings (SSSR count). The molecule has 2 aromatic rings. The van der Waals surface area contributed by atoms with E-state index >= 15 is 0 Å². The first-order valence-electron chi connectivity index (χ1n) is 7.05. The molecule has 7 nitrogen and oxygen atoms in total. The van der Waals surface area contributed by atoms with Gasteiger partial charge in [0.05, 0.1) is 11.9 Å². The molecule has 0 aliphatic heterocycles. The summed E-state index contributed by atoms with van der Waals surface area (Å²) in [6, 6.07) is 7.08. The Morgan fingerprint density at radius 3 is 2.70 bits per heavy atom. The van der Waals surface area contributed by atoms with E-state index in [1.165, 1.54) is 17.1 Å². The van der Waals surface area contributed by atoms with Crippen molar-refractivity contribution in [2.75, 3.05) is 5.32 Å². The molecule has 0 spiro atoms. The van der Waals surface area contributed by atoms with E-state index in [9.17, 15) is 9.59 Å². The highest BCUT2D eigenvalue weighted by molar-refractivity contribution is 6.30. The monoisotopic (exact) mass is 335 g/mol. The molecule has 0 unspecified atom stereocenters. The lowest BCUT2D eigenvalue weighted by Gasteiger charge is -2.14. The number of carbonyl (C=O) groups excluding carboxylic acids is 2. The Morgan fingerprint density at radius 1 is 1.35 bits per heavy atom. The van der Waals surface area contributed by atoms with Crippen LogP contribution in [0.5, 0.6) is 0 Å². The highest BCUT2D eigenvalue weighted by atomic mass is 35.5. The van der Waals surface area contributed by atoms with E-state index in [4.69, 9.17) is 17.3 Å². The number of urea groups is 1. The number of aromatic nitrogens is 2. The first kappa shape index (κ1) is 16.8. The van der Waals surface area contributed by atoms with Crippen molar-refractivity contribution >= 4 is 29.2 Å². The van der Waals surface area contributed by atoms with Crippen LogP contribution in [0.25, 0.3) is 0 Å². The molecule has 0 fully saturated rings. The van der Waals surface area contributed by atoms with Gasteiger partial charge in [-0.25, -0.2) is 4.79 Å². The van der Waals surface area contributed by atoms with Gasteiger partial charge in [0.1, 0.15) is 6.54 Å². The fraction of sp³-hybridized carbons (Fsp3) is 0.267. The van der Waals surface area contributed by atoms with Crippen molar-refractivity contribution in [3.63, 3.8) is 0 Å². The van der Waals surface area contributed by atoms with Crippen LogP contribution in [0.2, 0.25) is 5.02 Å². The number of amides is 3. The minimum absolute atomic E-state index is 0.0315. The molecule has 3 amide bonds. The minimum atomic E-state index is -0.499. The zero-order valence-corrected chi connectivity index (χ0v) is 13.4. The van der Waals surface area contributed by atoms with Crippen LogP contribution >= 0.6 is 11.6 Å². The molecule has 1 atom stereocenters. The van der Waals surface area contributed by atoms with E-state index < -0.39 is 5.91 Å². The second-order valence-corrected chi connectivity index (χ2v) is 5.66. The summed E-state index contributed by atoms with van der Waals surface area (Å²) < 4.78 is 1.36. The topological polar surface area (TPSA) is 102 Å². The largest absolute Gasteiger partial charge is 0.368 e. The van der Waals surface area contributed by atoms with Gasteiger partial charge in [0.2, 0.25) is 5.91 Å². The second kappa shape index (κ2) is 7.64. The van der Waals surface area contributed by atoms with Crippen LogP contribution in [0.15, 0.2) is 36.7 Å². The number of nitrogens with zero attached hydrogens (tertiary/aromatic N) is 2. The van der Waals surface area contributed by atoms with Crippen molar-refractivity contribution in [1.82, 2.24) is 15.1 Å². The van der Waals surface area contributed by atoms with Gasteiger partial charge in [-0.3, -0.25) is 9.48 Å². The molecule has 1 heterocycles. The Bertz CT molecular complexity index is 683. The fourth-order valence-electron chi connectivity index (χ4n) is 2.09. The van der Waals surface area contributed by atoms with Gasteiger partial charge in [-0.05, 0) is 31.0 Å². The number of rotatable bonds is 6. The molecule has 1 aromatic heterocycles. The summed E-state index contributed by atoms with van der Waals surface area (Å²) in [6.45, 7) is 1.88. The van der Waals surface area contributed by atoms with E-state index in [1.807, 2.05) is 31.2 Å². The summed E-state index contributed by atoms with van der Waals surface area (Å²) in [5.74, 6) is -0.499. The molecule has 122 valence electrons. The molecule has 1 aromatic carbocycles. The van der Waals surface area contributed by atoms with Gasteiger partial charge in [0.25, 0.3) is 0 Å². The summed E-state index contributed by atoms with van der Waals surface area (Å²) in [5.41, 5.74) is 6.64. The van der Waals surface area contributed by atoms with Crippen LogP contribution in [0.3, 0.4) is 0 Å². The van der Waals surface area contributed by atoms with Gasteiger partial charge in [0.15, 0.2) is 0 Å². The number of primary amides is 1. The smallest absolute Gasteiger partial charge is 0.319 e. The van der Waals surface area contributed by atoms with Crippen molar-refractivity contribution in [2.45, 2.75) is 25.9 Å². The Labute approximate surface area is 138 Å². The Kier molecular flexibility index (Phi) is 5.59. The zero-order chi connectivity index (χ0) is 16.8. The van der Waals surface area contributed by atoms with Gasteiger partial charge in [-0.15, -0.1) is 0 Å². The average molecular weight is 336 g/mol. The molecule has 0 radical (unpaired) electrons. The minimum Gasteiger partial charge on any atom is -0.368 e.